The summed E-state index contributed by atoms with van der Waals surface area (Å²) in [6.45, 7) is 10.6. The van der Waals surface area contributed by atoms with E-state index in [1.165, 1.54) is 22.3 Å². The Kier molecular flexibility index (Phi) is 7.61. The molecular weight excluding hydrogens is 504 g/mol. The number of rotatable bonds is 5. The van der Waals surface area contributed by atoms with Crippen LogP contribution in [0.5, 0.6) is 0 Å². The smallest absolute Gasteiger partial charge is 0.410 e. The molecule has 210 valence electrons. The van der Waals surface area contributed by atoms with Gasteiger partial charge in [-0.05, 0) is 73.2 Å². The second-order valence-corrected chi connectivity index (χ2v) is 11.5. The number of anilines is 2. The maximum Gasteiger partial charge on any atom is 0.410 e. The highest BCUT2D eigenvalue weighted by Crippen LogP contribution is 2.44. The normalized spacial score (nSPS) is 14.9. The van der Waals surface area contributed by atoms with Gasteiger partial charge in [-0.3, -0.25) is 0 Å². The first-order valence-corrected chi connectivity index (χ1v) is 13.8. The number of carbonyl (C=O) groups excluding carboxylic acids is 2. The predicted molar refractivity (Wildman–Crippen MR) is 158 cm³/mol. The van der Waals surface area contributed by atoms with E-state index >= 15 is 0 Å². The van der Waals surface area contributed by atoms with Crippen LogP contribution in [0, 0.1) is 6.92 Å². The first-order chi connectivity index (χ1) is 19.1. The topological polar surface area (TPSA) is 97.1 Å². The maximum atomic E-state index is 12.8. The van der Waals surface area contributed by atoms with Crippen LogP contribution in [0.1, 0.15) is 48.9 Å². The van der Waals surface area contributed by atoms with Crippen molar-refractivity contribution in [1.29, 1.82) is 0 Å². The average molecular weight is 543 g/mol. The number of nitrogens with two attached hydrogens (primary N) is 1. The van der Waals surface area contributed by atoms with Gasteiger partial charge in [-0.25, -0.2) is 9.59 Å². The van der Waals surface area contributed by atoms with Crippen molar-refractivity contribution in [3.8, 4) is 11.1 Å². The third-order valence-electron chi connectivity index (χ3n) is 7.60. The van der Waals surface area contributed by atoms with Crippen molar-refractivity contribution >= 4 is 23.6 Å². The summed E-state index contributed by atoms with van der Waals surface area (Å²) in [4.78, 5) is 29.1. The van der Waals surface area contributed by atoms with E-state index < -0.39 is 11.7 Å². The lowest BCUT2D eigenvalue weighted by Crippen LogP contribution is -2.50. The van der Waals surface area contributed by atoms with E-state index in [0.29, 0.717) is 38.4 Å². The van der Waals surface area contributed by atoms with Gasteiger partial charge in [0.2, 0.25) is 0 Å². The van der Waals surface area contributed by atoms with Gasteiger partial charge in [0.15, 0.2) is 0 Å². The van der Waals surface area contributed by atoms with Gasteiger partial charge in [-0.1, -0.05) is 48.5 Å². The highest BCUT2D eigenvalue weighted by atomic mass is 16.6. The number of nitrogens with zero attached hydrogens (tertiary/aromatic N) is 2. The van der Waals surface area contributed by atoms with Crippen molar-refractivity contribution < 1.29 is 19.1 Å². The van der Waals surface area contributed by atoms with Crippen molar-refractivity contribution in [2.45, 2.75) is 45.8 Å². The molecule has 0 bridgehead atoms. The third kappa shape index (κ3) is 5.86. The second kappa shape index (κ2) is 11.1. The molecule has 2 amide bonds. The van der Waals surface area contributed by atoms with E-state index in [-0.39, 0.29) is 18.6 Å². The van der Waals surface area contributed by atoms with Gasteiger partial charge < -0.3 is 30.3 Å². The van der Waals surface area contributed by atoms with Crippen LogP contribution in [-0.4, -0.2) is 55.5 Å². The summed E-state index contributed by atoms with van der Waals surface area (Å²) in [5, 5.41) is 2.91. The number of benzene rings is 3. The fourth-order valence-electron chi connectivity index (χ4n) is 5.44. The van der Waals surface area contributed by atoms with Crippen LogP contribution in [0.3, 0.4) is 0 Å². The summed E-state index contributed by atoms with van der Waals surface area (Å²) in [6, 6.07) is 20.6. The molecule has 8 heteroatoms. The van der Waals surface area contributed by atoms with Crippen molar-refractivity contribution in [3.05, 3.63) is 82.9 Å². The van der Waals surface area contributed by atoms with Gasteiger partial charge in [-0.2, -0.15) is 0 Å². The Balaban J connectivity index is 1.18. The maximum absolute atomic E-state index is 12.8. The second-order valence-electron chi connectivity index (χ2n) is 11.5. The van der Waals surface area contributed by atoms with Gasteiger partial charge in [0.25, 0.3) is 0 Å². The highest BCUT2D eigenvalue weighted by molar-refractivity contribution is 5.79. The molecule has 8 nitrogen and oxygen atoms in total. The van der Waals surface area contributed by atoms with Gasteiger partial charge in [0, 0.05) is 50.0 Å². The van der Waals surface area contributed by atoms with Gasteiger partial charge in [-0.15, -0.1) is 0 Å². The summed E-state index contributed by atoms with van der Waals surface area (Å²) >= 11 is 0. The summed E-state index contributed by atoms with van der Waals surface area (Å²) in [5.41, 5.74) is 14.1. The minimum Gasteiger partial charge on any atom is -0.449 e. The number of fused-ring (bicyclic) bond motifs is 3. The monoisotopic (exact) mass is 542 g/mol. The number of ether oxygens (including phenoxy) is 2. The number of hydrogen-bond acceptors (Lipinski definition) is 6. The number of amides is 2. The van der Waals surface area contributed by atoms with E-state index in [1.807, 2.05) is 58.0 Å². The molecular formula is C32H38N4O4. The molecule has 3 aromatic rings. The Labute approximate surface area is 236 Å². The number of nitrogens with one attached hydrogen (secondary N) is 1. The highest BCUT2D eigenvalue weighted by Gasteiger charge is 2.29. The lowest BCUT2D eigenvalue weighted by Gasteiger charge is -2.37. The molecule has 1 heterocycles. The molecule has 0 spiro atoms. The Morgan fingerprint density at radius 1 is 0.950 bits per heavy atom. The Bertz CT molecular complexity index is 1360. The average Bonchev–Trinajstić information content (AvgIpc) is 3.25. The lowest BCUT2D eigenvalue weighted by molar-refractivity contribution is 0.0240. The number of nitrogen functional groups attached to an aromatic ring is 1. The van der Waals surface area contributed by atoms with Crippen LogP contribution in [0.25, 0.3) is 11.1 Å². The van der Waals surface area contributed by atoms with Crippen LogP contribution < -0.4 is 16.0 Å². The van der Waals surface area contributed by atoms with Crippen molar-refractivity contribution in [2.24, 2.45) is 0 Å². The molecule has 40 heavy (non-hydrogen) atoms. The number of piperazine rings is 1. The molecule has 3 aromatic carbocycles. The number of carbonyl (C=O) groups is 2. The fourth-order valence-corrected chi connectivity index (χ4v) is 5.44. The number of hydrogen-bond donors (Lipinski definition) is 2. The molecule has 1 fully saturated rings. The Morgan fingerprint density at radius 3 is 2.15 bits per heavy atom. The van der Waals surface area contributed by atoms with Crippen LogP contribution >= 0.6 is 0 Å². The first kappa shape index (κ1) is 27.4. The lowest BCUT2D eigenvalue weighted by atomic mass is 9.98. The zero-order chi connectivity index (χ0) is 28.4. The van der Waals surface area contributed by atoms with Crippen molar-refractivity contribution in [2.75, 3.05) is 43.4 Å². The molecule has 0 aromatic heterocycles. The van der Waals surface area contributed by atoms with E-state index in [4.69, 9.17) is 15.2 Å². The zero-order valence-corrected chi connectivity index (χ0v) is 23.7. The summed E-state index contributed by atoms with van der Waals surface area (Å²) in [6.07, 6.45) is -0.750. The minimum atomic E-state index is -0.519. The van der Waals surface area contributed by atoms with Gasteiger partial charge >= 0.3 is 12.2 Å². The Morgan fingerprint density at radius 2 is 1.55 bits per heavy atom. The molecule has 1 saturated heterocycles. The summed E-state index contributed by atoms with van der Waals surface area (Å²) < 4.78 is 11.2. The molecule has 1 aliphatic carbocycles. The summed E-state index contributed by atoms with van der Waals surface area (Å²) in [5.74, 6) is 0.0122. The molecule has 0 saturated carbocycles. The van der Waals surface area contributed by atoms with Crippen LogP contribution in [0.4, 0.5) is 21.0 Å². The van der Waals surface area contributed by atoms with Crippen molar-refractivity contribution in [3.63, 3.8) is 0 Å². The zero-order valence-electron chi connectivity index (χ0n) is 23.7. The molecule has 2 aliphatic rings. The van der Waals surface area contributed by atoms with Gasteiger partial charge in [0.1, 0.15) is 12.2 Å². The molecule has 1 aliphatic heterocycles. The SMILES string of the molecule is Cc1c(N)cc(N2CCN(C(=O)OC(C)(C)C)CC2)cc1CNC(=O)OCC1c2ccccc2-c2ccccc21. The van der Waals surface area contributed by atoms with E-state index in [9.17, 15) is 9.59 Å². The van der Waals surface area contributed by atoms with E-state index in [1.54, 1.807) is 4.90 Å². The third-order valence-corrected chi connectivity index (χ3v) is 7.60. The predicted octanol–water partition coefficient (Wildman–Crippen LogP) is 5.67. The molecule has 5 rings (SSSR count). The molecule has 3 N–H and O–H groups in total. The van der Waals surface area contributed by atoms with E-state index in [2.05, 4.69) is 40.5 Å². The van der Waals surface area contributed by atoms with E-state index in [0.717, 1.165) is 16.8 Å². The van der Waals surface area contributed by atoms with Crippen LogP contribution in [-0.2, 0) is 16.0 Å². The van der Waals surface area contributed by atoms with Crippen molar-refractivity contribution in [1.82, 2.24) is 10.2 Å². The first-order valence-electron chi connectivity index (χ1n) is 13.8. The number of alkyl carbamates (subject to hydrolysis) is 1. The van der Waals surface area contributed by atoms with Crippen LogP contribution in [0.15, 0.2) is 60.7 Å². The fraction of sp³-hybridized carbons (Fsp3) is 0.375. The molecule has 0 atom stereocenters. The largest absolute Gasteiger partial charge is 0.449 e. The minimum absolute atomic E-state index is 0.0122. The van der Waals surface area contributed by atoms with Crippen LogP contribution in [0.2, 0.25) is 0 Å². The quantitative estimate of drug-likeness (QED) is 0.403. The van der Waals surface area contributed by atoms with Gasteiger partial charge in [0.05, 0.1) is 0 Å². The molecule has 0 radical (unpaired) electrons. The molecule has 0 unspecified atom stereocenters. The standard InChI is InChI=1S/C32H38N4O4/c1-21-22(17-23(18-29(21)33)35-13-15-36(16-14-35)31(38)40-32(2,3)4)19-34-30(37)39-20-28-26-11-7-5-9-24(26)25-10-6-8-12-27(25)28/h5-12,17-18,28H,13-16,19-20,33H2,1-4H3,(H,34,37). The Hall–Kier alpha value is -4.20. The summed E-state index contributed by atoms with van der Waals surface area (Å²) in [7, 11) is 0.